The first kappa shape index (κ1) is 26.2. The van der Waals surface area contributed by atoms with Crippen molar-refractivity contribution in [2.24, 2.45) is 5.41 Å². The van der Waals surface area contributed by atoms with Crippen molar-refractivity contribution in [1.82, 2.24) is 20.5 Å². The molecule has 3 amide bonds. The molecular formula is C26H33FN4O4S. The zero-order chi connectivity index (χ0) is 26.4. The number of β-amino-alcohol motifs (C(OH)–C–C–N with tert-alkyl or cyclic N) is 1. The van der Waals surface area contributed by atoms with Crippen molar-refractivity contribution in [3.63, 3.8) is 0 Å². The average molecular weight is 517 g/mol. The van der Waals surface area contributed by atoms with Crippen LogP contribution in [0.1, 0.15) is 51.8 Å². The molecule has 3 N–H and O–H groups in total. The Kier molecular flexibility index (Phi) is 6.96. The number of aromatic nitrogens is 1. The van der Waals surface area contributed by atoms with Crippen LogP contribution in [-0.2, 0) is 19.9 Å². The number of carbonyl (C=O) groups excluding carboxylic acids is 3. The molecule has 8 nitrogen and oxygen atoms in total. The fraction of sp³-hybridized carbons (Fsp3) is 0.538. The van der Waals surface area contributed by atoms with E-state index in [-0.39, 0.29) is 6.54 Å². The van der Waals surface area contributed by atoms with Crippen molar-refractivity contribution in [2.45, 2.75) is 77.4 Å². The van der Waals surface area contributed by atoms with Crippen LogP contribution in [0, 0.1) is 12.3 Å². The van der Waals surface area contributed by atoms with E-state index >= 15 is 4.39 Å². The minimum Gasteiger partial charge on any atom is -0.388 e. The maximum Gasteiger partial charge on any atom is 0.246 e. The molecule has 36 heavy (non-hydrogen) atoms. The molecule has 1 aliphatic carbocycles. The topological polar surface area (TPSA) is 112 Å². The first-order valence-corrected chi connectivity index (χ1v) is 12.9. The Morgan fingerprint density at radius 3 is 2.36 bits per heavy atom. The maximum atomic E-state index is 15.1. The van der Waals surface area contributed by atoms with Crippen LogP contribution in [0.2, 0.25) is 0 Å². The van der Waals surface area contributed by atoms with E-state index in [9.17, 15) is 19.5 Å². The van der Waals surface area contributed by atoms with Crippen molar-refractivity contribution in [3.05, 3.63) is 41.0 Å². The Morgan fingerprint density at radius 1 is 1.22 bits per heavy atom. The molecule has 2 aromatic rings. The third-order valence-electron chi connectivity index (χ3n) is 6.96. The highest BCUT2D eigenvalue weighted by atomic mass is 32.1. The van der Waals surface area contributed by atoms with Crippen LogP contribution in [-0.4, -0.2) is 63.6 Å². The van der Waals surface area contributed by atoms with Gasteiger partial charge in [-0.2, -0.15) is 0 Å². The number of rotatable bonds is 6. The molecular weight excluding hydrogens is 483 g/mol. The molecule has 0 bridgehead atoms. The van der Waals surface area contributed by atoms with E-state index in [0.29, 0.717) is 12.8 Å². The van der Waals surface area contributed by atoms with E-state index in [2.05, 4.69) is 15.6 Å². The standard InChI is InChI=1S/C26H33FN4O4S/c1-14-21(36-13-28-14)16-6-8-17(9-7-16)26(10-11-26)30-23(34)20-19(27)18(33)12-31(20)24(35)22(25(3,4)5)29-15(2)32/h6-9,13,18-20,22,33H,10-12H2,1-5H3,(H,29,32)(H,30,34)/t18-,19-,20-,22?/m0/s1. The largest absolute Gasteiger partial charge is 0.388 e. The molecule has 1 aliphatic heterocycles. The zero-order valence-electron chi connectivity index (χ0n) is 21.2. The van der Waals surface area contributed by atoms with Crippen LogP contribution >= 0.6 is 11.3 Å². The average Bonchev–Trinajstić information content (AvgIpc) is 3.35. The normalized spacial score (nSPS) is 23.8. The number of thiazole rings is 1. The summed E-state index contributed by atoms with van der Waals surface area (Å²) in [6.07, 6.45) is -2.04. The number of aliphatic hydroxyl groups excluding tert-OH is 1. The lowest BCUT2D eigenvalue weighted by Crippen LogP contribution is -2.59. The van der Waals surface area contributed by atoms with Crippen molar-refractivity contribution >= 4 is 29.1 Å². The van der Waals surface area contributed by atoms with Crippen molar-refractivity contribution in [3.8, 4) is 10.4 Å². The van der Waals surface area contributed by atoms with Gasteiger partial charge in [-0.3, -0.25) is 14.4 Å². The molecule has 2 fully saturated rings. The summed E-state index contributed by atoms with van der Waals surface area (Å²) in [4.78, 5) is 45.0. The number of aryl methyl sites for hydroxylation is 1. The van der Waals surface area contributed by atoms with Crippen molar-refractivity contribution < 1.29 is 23.9 Å². The minimum atomic E-state index is -1.93. The van der Waals surface area contributed by atoms with Crippen LogP contribution in [0.3, 0.4) is 0 Å². The van der Waals surface area contributed by atoms with E-state index in [1.165, 1.54) is 6.92 Å². The Morgan fingerprint density at radius 2 is 1.86 bits per heavy atom. The molecule has 194 valence electrons. The molecule has 4 rings (SSSR count). The molecule has 2 aliphatic rings. The summed E-state index contributed by atoms with van der Waals surface area (Å²) in [7, 11) is 0. The molecule has 2 heterocycles. The summed E-state index contributed by atoms with van der Waals surface area (Å²) in [5.74, 6) is -1.65. The number of nitrogens with one attached hydrogen (secondary N) is 2. The number of benzene rings is 1. The number of alkyl halides is 1. The van der Waals surface area contributed by atoms with Crippen molar-refractivity contribution in [2.75, 3.05) is 6.54 Å². The number of aliphatic hydroxyl groups is 1. The van der Waals surface area contributed by atoms with Gasteiger partial charge in [0.1, 0.15) is 18.2 Å². The quantitative estimate of drug-likeness (QED) is 0.547. The SMILES string of the molecule is CC(=O)NC(C(=O)N1C[C@H](O)[C@H](F)[C@H]1C(=O)NC1(c2ccc(-c3scnc3C)cc2)CC1)C(C)(C)C. The molecule has 1 aromatic carbocycles. The van der Waals surface area contributed by atoms with E-state index in [1.807, 2.05) is 31.2 Å². The van der Waals surface area contributed by atoms with Gasteiger partial charge in [-0.25, -0.2) is 9.37 Å². The number of likely N-dealkylation sites (tertiary alicyclic amines) is 1. The number of hydrogen-bond donors (Lipinski definition) is 3. The van der Waals surface area contributed by atoms with Crippen molar-refractivity contribution in [1.29, 1.82) is 0 Å². The summed E-state index contributed by atoms with van der Waals surface area (Å²) in [5.41, 5.74) is 3.37. The molecule has 0 spiro atoms. The van der Waals surface area contributed by atoms with E-state index in [1.54, 1.807) is 37.6 Å². The number of halogens is 1. The predicted octanol–water partition coefficient (Wildman–Crippen LogP) is 2.68. The smallest absolute Gasteiger partial charge is 0.246 e. The number of carbonyl (C=O) groups is 3. The zero-order valence-corrected chi connectivity index (χ0v) is 22.0. The molecule has 10 heteroatoms. The molecule has 0 radical (unpaired) electrons. The third kappa shape index (κ3) is 5.01. The highest BCUT2D eigenvalue weighted by Crippen LogP contribution is 2.46. The van der Waals surface area contributed by atoms with Gasteiger partial charge >= 0.3 is 0 Å². The van der Waals surface area contributed by atoms with Gasteiger partial charge in [-0.05, 0) is 36.3 Å². The fourth-order valence-electron chi connectivity index (χ4n) is 4.77. The second-order valence-electron chi connectivity index (χ2n) is 10.9. The van der Waals surface area contributed by atoms with Crippen LogP contribution < -0.4 is 10.6 Å². The predicted molar refractivity (Wildman–Crippen MR) is 135 cm³/mol. The molecule has 1 unspecified atom stereocenters. The summed E-state index contributed by atoms with van der Waals surface area (Å²) in [6, 6.07) is 5.41. The van der Waals surface area contributed by atoms with E-state index in [0.717, 1.165) is 26.6 Å². The van der Waals surface area contributed by atoms with Gasteiger partial charge in [-0.15, -0.1) is 11.3 Å². The summed E-state index contributed by atoms with van der Waals surface area (Å²) in [6.45, 7) is 8.25. The molecule has 4 atom stereocenters. The van der Waals surface area contributed by atoms with Crippen LogP contribution in [0.15, 0.2) is 29.8 Å². The van der Waals surface area contributed by atoms with Gasteiger partial charge in [0.15, 0.2) is 6.17 Å². The lowest BCUT2D eigenvalue weighted by molar-refractivity contribution is -0.144. The van der Waals surface area contributed by atoms with Gasteiger partial charge in [0.25, 0.3) is 0 Å². The lowest BCUT2D eigenvalue weighted by Gasteiger charge is -2.35. The Balaban J connectivity index is 1.54. The monoisotopic (exact) mass is 516 g/mol. The van der Waals surface area contributed by atoms with Gasteiger partial charge in [0, 0.05) is 6.92 Å². The van der Waals surface area contributed by atoms with Crippen LogP contribution in [0.5, 0.6) is 0 Å². The Labute approximate surface area is 214 Å². The first-order valence-electron chi connectivity index (χ1n) is 12.1. The summed E-state index contributed by atoms with van der Waals surface area (Å²) < 4.78 is 15.1. The second kappa shape index (κ2) is 9.55. The highest BCUT2D eigenvalue weighted by molar-refractivity contribution is 7.13. The minimum absolute atomic E-state index is 0.319. The number of hydrogen-bond acceptors (Lipinski definition) is 6. The van der Waals surface area contributed by atoms with Gasteiger partial charge in [0.2, 0.25) is 17.7 Å². The third-order valence-corrected chi connectivity index (χ3v) is 7.94. The van der Waals surface area contributed by atoms with Gasteiger partial charge in [-0.1, -0.05) is 45.0 Å². The first-order chi connectivity index (χ1) is 16.8. The second-order valence-corrected chi connectivity index (χ2v) is 11.7. The summed E-state index contributed by atoms with van der Waals surface area (Å²) >= 11 is 1.56. The molecule has 1 saturated carbocycles. The number of amides is 3. The number of nitrogens with zero attached hydrogens (tertiary/aromatic N) is 2. The molecule has 1 aromatic heterocycles. The highest BCUT2D eigenvalue weighted by Gasteiger charge is 2.54. The Hall–Kier alpha value is -2.85. The van der Waals surface area contributed by atoms with E-state index < -0.39 is 53.0 Å². The van der Waals surface area contributed by atoms with E-state index in [4.69, 9.17) is 0 Å². The molecule has 1 saturated heterocycles. The van der Waals surface area contributed by atoms with Gasteiger partial charge < -0.3 is 20.6 Å². The van der Waals surface area contributed by atoms with Gasteiger partial charge in [0.05, 0.1) is 28.2 Å². The fourth-order valence-corrected chi connectivity index (χ4v) is 5.58. The lowest BCUT2D eigenvalue weighted by atomic mass is 9.85. The van der Waals surface area contributed by atoms with Crippen LogP contribution in [0.25, 0.3) is 10.4 Å². The Bertz CT molecular complexity index is 1160. The summed E-state index contributed by atoms with van der Waals surface area (Å²) in [5, 5.41) is 15.8. The van der Waals surface area contributed by atoms with Crippen LogP contribution in [0.4, 0.5) is 4.39 Å². The maximum absolute atomic E-state index is 15.1.